The summed E-state index contributed by atoms with van der Waals surface area (Å²) < 4.78 is 1.92. The van der Waals surface area contributed by atoms with Crippen LogP contribution in [0.1, 0.15) is 17.2 Å². The van der Waals surface area contributed by atoms with Crippen LogP contribution in [0.3, 0.4) is 0 Å². The Balaban J connectivity index is 1.55. The first-order valence-electron chi connectivity index (χ1n) is 9.42. The second-order valence-corrected chi connectivity index (χ2v) is 7.73. The summed E-state index contributed by atoms with van der Waals surface area (Å²) in [4.78, 5) is 10.8. The summed E-state index contributed by atoms with van der Waals surface area (Å²) in [5.41, 5.74) is 16.2. The summed E-state index contributed by atoms with van der Waals surface area (Å²) in [5.74, 6) is 0.509. The van der Waals surface area contributed by atoms with Crippen LogP contribution < -0.4 is 16.4 Å². The maximum Gasteiger partial charge on any atom is 0.224 e. The number of hydrogen-bond donors (Lipinski definition) is 2. The van der Waals surface area contributed by atoms with Gasteiger partial charge >= 0.3 is 0 Å². The highest BCUT2D eigenvalue weighted by molar-refractivity contribution is 6.30. The van der Waals surface area contributed by atoms with Crippen LogP contribution in [0.2, 0.25) is 5.02 Å². The number of nitrogens with zero attached hydrogens (tertiary/aromatic N) is 5. The highest BCUT2D eigenvalue weighted by atomic mass is 35.5. The smallest absolute Gasteiger partial charge is 0.224 e. The minimum absolute atomic E-state index is 0.0929. The molecule has 0 radical (unpaired) electrons. The van der Waals surface area contributed by atoms with Crippen molar-refractivity contribution in [3.8, 4) is 0 Å². The Morgan fingerprint density at radius 3 is 2.79 bits per heavy atom. The molecule has 1 aliphatic heterocycles. The van der Waals surface area contributed by atoms with Crippen LogP contribution in [0.25, 0.3) is 11.0 Å². The molecule has 2 aromatic carbocycles. The predicted molar refractivity (Wildman–Crippen MR) is 116 cm³/mol. The number of benzene rings is 2. The zero-order valence-corrected chi connectivity index (χ0v) is 16.4. The highest BCUT2D eigenvalue weighted by Gasteiger charge is 2.28. The van der Waals surface area contributed by atoms with Crippen LogP contribution in [0, 0.1) is 0 Å². The van der Waals surface area contributed by atoms with Gasteiger partial charge in [0.15, 0.2) is 5.65 Å². The Morgan fingerprint density at radius 1 is 1.07 bits per heavy atom. The molecule has 3 heterocycles. The third kappa shape index (κ3) is 3.23. The van der Waals surface area contributed by atoms with E-state index < -0.39 is 0 Å². The Morgan fingerprint density at radius 2 is 1.93 bits per heavy atom. The number of nitrogen functional groups attached to an aromatic ring is 2. The quantitative estimate of drug-likeness (QED) is 0.541. The molecule has 1 aliphatic rings. The summed E-state index contributed by atoms with van der Waals surface area (Å²) in [6.45, 7) is 1.54. The molecule has 0 bridgehead atoms. The normalized spacial score (nSPS) is 16.2. The maximum atomic E-state index is 6.20. The van der Waals surface area contributed by atoms with E-state index in [1.165, 1.54) is 11.3 Å². The molecular formula is C21H20ClN7. The van der Waals surface area contributed by atoms with Crippen molar-refractivity contribution in [2.45, 2.75) is 19.0 Å². The van der Waals surface area contributed by atoms with E-state index in [1.54, 1.807) is 6.20 Å². The summed E-state index contributed by atoms with van der Waals surface area (Å²) in [6, 6.07) is 16.5. The first kappa shape index (κ1) is 17.8. The lowest BCUT2D eigenvalue weighted by molar-refractivity contribution is 0.439. The first-order chi connectivity index (χ1) is 14.1. The summed E-state index contributed by atoms with van der Waals surface area (Å²) >= 11 is 6.20. The van der Waals surface area contributed by atoms with Gasteiger partial charge in [-0.25, -0.2) is 4.68 Å². The molecule has 4 N–H and O–H groups in total. The van der Waals surface area contributed by atoms with E-state index in [2.05, 4.69) is 50.3 Å². The van der Waals surface area contributed by atoms with E-state index in [1.807, 2.05) is 22.9 Å². The zero-order valence-electron chi connectivity index (χ0n) is 15.7. The standard InChI is InChI=1S/C21H20ClN7/c22-15-6-3-4-13(8-15)11-28-12-16(9-14-5-1-2-7-18(14)28)29-20-17(10-25-29)19(23)26-21(24)27-20/h1-8,10,16H,9,11-12H2,(H4,23,24,26,27). The molecule has 0 amide bonds. The van der Waals surface area contributed by atoms with Crippen molar-refractivity contribution >= 4 is 40.1 Å². The molecule has 146 valence electrons. The second kappa shape index (κ2) is 6.93. The molecule has 0 aliphatic carbocycles. The van der Waals surface area contributed by atoms with Crippen LogP contribution in [0.4, 0.5) is 17.5 Å². The van der Waals surface area contributed by atoms with E-state index in [0.717, 1.165) is 35.5 Å². The maximum absolute atomic E-state index is 6.20. The second-order valence-electron chi connectivity index (χ2n) is 7.29. The number of nitrogens with two attached hydrogens (primary N) is 2. The van der Waals surface area contributed by atoms with Gasteiger partial charge in [0.25, 0.3) is 0 Å². The molecule has 5 rings (SSSR count). The Bertz CT molecular complexity index is 1200. The first-order valence-corrected chi connectivity index (χ1v) is 9.80. The van der Waals surface area contributed by atoms with Gasteiger partial charge in [-0.15, -0.1) is 0 Å². The van der Waals surface area contributed by atoms with Crippen molar-refractivity contribution in [1.29, 1.82) is 0 Å². The number of hydrogen-bond acceptors (Lipinski definition) is 6. The topological polar surface area (TPSA) is 98.9 Å². The molecule has 4 aromatic rings. The van der Waals surface area contributed by atoms with E-state index in [4.69, 9.17) is 23.1 Å². The zero-order chi connectivity index (χ0) is 20.0. The molecule has 0 fully saturated rings. The van der Waals surface area contributed by atoms with Gasteiger partial charge in [-0.3, -0.25) is 0 Å². The number of para-hydroxylation sites is 1. The average molecular weight is 406 g/mol. The fourth-order valence-corrected chi connectivity index (χ4v) is 4.28. The Kier molecular flexibility index (Phi) is 4.24. The third-order valence-corrected chi connectivity index (χ3v) is 5.56. The molecular weight excluding hydrogens is 386 g/mol. The van der Waals surface area contributed by atoms with E-state index in [0.29, 0.717) is 11.5 Å². The molecule has 1 unspecified atom stereocenters. The monoisotopic (exact) mass is 405 g/mol. The van der Waals surface area contributed by atoms with Gasteiger partial charge < -0.3 is 16.4 Å². The number of fused-ring (bicyclic) bond motifs is 2. The fraction of sp³-hybridized carbons (Fsp3) is 0.190. The minimum Gasteiger partial charge on any atom is -0.383 e. The van der Waals surface area contributed by atoms with Crippen LogP contribution in [0.5, 0.6) is 0 Å². The Labute approximate surface area is 172 Å². The number of halogens is 1. The summed E-state index contributed by atoms with van der Waals surface area (Å²) in [6.07, 6.45) is 2.56. The third-order valence-electron chi connectivity index (χ3n) is 5.33. The molecule has 2 aromatic heterocycles. The van der Waals surface area contributed by atoms with Crippen molar-refractivity contribution in [3.63, 3.8) is 0 Å². The molecule has 0 saturated carbocycles. The molecule has 29 heavy (non-hydrogen) atoms. The predicted octanol–water partition coefficient (Wildman–Crippen LogP) is 3.45. The molecule has 8 heteroatoms. The lowest BCUT2D eigenvalue weighted by atomic mass is 9.97. The van der Waals surface area contributed by atoms with Gasteiger partial charge in [-0.2, -0.15) is 15.1 Å². The summed E-state index contributed by atoms with van der Waals surface area (Å²) in [5, 5.41) is 6.04. The van der Waals surface area contributed by atoms with Crippen LogP contribution in [-0.2, 0) is 13.0 Å². The van der Waals surface area contributed by atoms with Crippen LogP contribution in [-0.4, -0.2) is 26.3 Å². The van der Waals surface area contributed by atoms with Gasteiger partial charge in [-0.1, -0.05) is 41.9 Å². The van der Waals surface area contributed by atoms with Crippen molar-refractivity contribution < 1.29 is 0 Å². The van der Waals surface area contributed by atoms with E-state index in [9.17, 15) is 0 Å². The van der Waals surface area contributed by atoms with Gasteiger partial charge in [0.05, 0.1) is 17.6 Å². The number of aromatic nitrogens is 4. The Hall–Kier alpha value is -3.32. The van der Waals surface area contributed by atoms with Crippen molar-refractivity contribution in [3.05, 3.63) is 70.9 Å². The minimum atomic E-state index is 0.0929. The molecule has 7 nitrogen and oxygen atoms in total. The molecule has 0 spiro atoms. The highest BCUT2D eigenvalue weighted by Crippen LogP contribution is 2.34. The van der Waals surface area contributed by atoms with Crippen molar-refractivity contribution in [2.24, 2.45) is 0 Å². The van der Waals surface area contributed by atoms with Gasteiger partial charge in [-0.05, 0) is 35.7 Å². The van der Waals surface area contributed by atoms with Crippen LogP contribution in [0.15, 0.2) is 54.7 Å². The van der Waals surface area contributed by atoms with Crippen molar-refractivity contribution in [1.82, 2.24) is 19.7 Å². The molecule has 0 saturated heterocycles. The van der Waals surface area contributed by atoms with Gasteiger partial charge in [0.2, 0.25) is 5.95 Å². The number of rotatable bonds is 3. The van der Waals surface area contributed by atoms with E-state index in [-0.39, 0.29) is 12.0 Å². The number of anilines is 3. The average Bonchev–Trinajstić information content (AvgIpc) is 3.12. The van der Waals surface area contributed by atoms with E-state index >= 15 is 0 Å². The molecule has 1 atom stereocenters. The van der Waals surface area contributed by atoms with Gasteiger partial charge in [0.1, 0.15) is 5.82 Å². The summed E-state index contributed by atoms with van der Waals surface area (Å²) in [7, 11) is 0. The van der Waals surface area contributed by atoms with Gasteiger partial charge in [0, 0.05) is 23.8 Å². The van der Waals surface area contributed by atoms with Crippen LogP contribution >= 0.6 is 11.6 Å². The van der Waals surface area contributed by atoms with Crippen molar-refractivity contribution in [2.75, 3.05) is 22.9 Å². The lowest BCUT2D eigenvalue weighted by Crippen LogP contribution is -2.36. The lowest BCUT2D eigenvalue weighted by Gasteiger charge is -2.36. The SMILES string of the molecule is Nc1nc(N)c2cnn(C3Cc4ccccc4N(Cc4cccc(Cl)c4)C3)c2n1. The fourth-order valence-electron chi connectivity index (χ4n) is 4.06. The largest absolute Gasteiger partial charge is 0.383 e.